The van der Waals surface area contributed by atoms with Crippen LogP contribution in [-0.2, 0) is 9.53 Å². The van der Waals surface area contributed by atoms with Crippen molar-refractivity contribution in [3.05, 3.63) is 0 Å². The van der Waals surface area contributed by atoms with Crippen LogP contribution in [0.25, 0.3) is 0 Å². The fourth-order valence-electron chi connectivity index (χ4n) is 4.73. The predicted molar refractivity (Wildman–Crippen MR) is 90.1 cm³/mol. The molecule has 148 valence electrons. The highest BCUT2D eigenvalue weighted by Gasteiger charge is 2.62. The summed E-state index contributed by atoms with van der Waals surface area (Å²) in [4.78, 5) is 26.5. The van der Waals surface area contributed by atoms with Crippen LogP contribution in [0.2, 0.25) is 0 Å². The molecular weight excluding hydrogens is 346 g/mol. The van der Waals surface area contributed by atoms with Crippen LogP contribution in [0.3, 0.4) is 0 Å². The molecular formula is C18H28F2N2O4. The van der Waals surface area contributed by atoms with E-state index in [1.807, 2.05) is 0 Å². The van der Waals surface area contributed by atoms with Crippen LogP contribution in [0.1, 0.15) is 47.0 Å². The molecule has 3 rings (SSSR count). The average Bonchev–Trinajstić information content (AvgIpc) is 2.95. The molecule has 8 heteroatoms. The first-order valence-corrected chi connectivity index (χ1v) is 9.17. The molecule has 26 heavy (non-hydrogen) atoms. The van der Waals surface area contributed by atoms with Gasteiger partial charge in [0.25, 0.3) is 5.92 Å². The predicted octanol–water partition coefficient (Wildman–Crippen LogP) is 2.82. The van der Waals surface area contributed by atoms with E-state index in [9.17, 15) is 23.5 Å². The number of amides is 1. The fraction of sp³-hybridized carbons (Fsp3) is 0.889. The van der Waals surface area contributed by atoms with Gasteiger partial charge in [0.2, 0.25) is 0 Å². The molecule has 0 aromatic rings. The second kappa shape index (κ2) is 6.04. The number of aliphatic carboxylic acids is 1. The van der Waals surface area contributed by atoms with E-state index in [1.54, 1.807) is 32.6 Å². The molecule has 2 heterocycles. The van der Waals surface area contributed by atoms with E-state index >= 15 is 0 Å². The number of halogens is 2. The van der Waals surface area contributed by atoms with E-state index in [0.29, 0.717) is 32.4 Å². The Bertz CT molecular complexity index is 598. The number of ether oxygens (including phenoxy) is 1. The van der Waals surface area contributed by atoms with Gasteiger partial charge in [-0.1, -0.05) is 0 Å². The second-order valence-corrected chi connectivity index (χ2v) is 9.31. The van der Waals surface area contributed by atoms with E-state index in [2.05, 4.69) is 0 Å². The van der Waals surface area contributed by atoms with E-state index in [0.717, 1.165) is 0 Å². The Morgan fingerprint density at radius 3 is 2.42 bits per heavy atom. The van der Waals surface area contributed by atoms with Crippen LogP contribution < -0.4 is 0 Å². The Balaban J connectivity index is 1.65. The minimum absolute atomic E-state index is 0.112. The number of hydrogen-bond acceptors (Lipinski definition) is 4. The molecule has 6 nitrogen and oxygen atoms in total. The molecule has 0 aromatic heterocycles. The summed E-state index contributed by atoms with van der Waals surface area (Å²) in [6, 6.07) is -1.56. The van der Waals surface area contributed by atoms with E-state index in [1.165, 1.54) is 4.90 Å². The minimum atomic E-state index is -2.99. The average molecular weight is 374 g/mol. The monoisotopic (exact) mass is 374 g/mol. The Kier molecular flexibility index (Phi) is 4.49. The van der Waals surface area contributed by atoms with Crippen molar-refractivity contribution in [3.8, 4) is 0 Å². The van der Waals surface area contributed by atoms with Gasteiger partial charge in [-0.05, 0) is 52.9 Å². The Morgan fingerprint density at radius 1 is 1.27 bits per heavy atom. The molecule has 3 aliphatic rings. The van der Waals surface area contributed by atoms with Crippen LogP contribution >= 0.6 is 0 Å². The lowest BCUT2D eigenvalue weighted by Gasteiger charge is -2.44. The number of rotatable bonds is 3. The minimum Gasteiger partial charge on any atom is -0.481 e. The first-order valence-electron chi connectivity index (χ1n) is 9.17. The highest BCUT2D eigenvalue weighted by atomic mass is 19.3. The van der Waals surface area contributed by atoms with Crippen LogP contribution in [0.5, 0.6) is 0 Å². The summed E-state index contributed by atoms with van der Waals surface area (Å²) in [5.41, 5.74) is -1.46. The van der Waals surface area contributed by atoms with Crippen molar-refractivity contribution in [1.82, 2.24) is 9.80 Å². The molecule has 2 atom stereocenters. The van der Waals surface area contributed by atoms with Crippen molar-refractivity contribution >= 4 is 12.1 Å². The summed E-state index contributed by atoms with van der Waals surface area (Å²) in [5, 5.41) is 9.20. The highest BCUT2D eigenvalue weighted by Crippen LogP contribution is 2.48. The number of alkyl halides is 2. The second-order valence-electron chi connectivity index (χ2n) is 9.31. The summed E-state index contributed by atoms with van der Waals surface area (Å²) in [5.74, 6) is -3.70. The molecule has 1 saturated carbocycles. The number of carboxylic acids is 1. The van der Waals surface area contributed by atoms with Crippen molar-refractivity contribution in [2.45, 2.75) is 70.6 Å². The molecule has 0 unspecified atom stereocenters. The van der Waals surface area contributed by atoms with E-state index in [4.69, 9.17) is 4.74 Å². The molecule has 0 radical (unpaired) electrons. The van der Waals surface area contributed by atoms with Gasteiger partial charge in [-0.3, -0.25) is 14.6 Å². The summed E-state index contributed by atoms with van der Waals surface area (Å²) in [6.45, 7) is 7.18. The zero-order chi connectivity index (χ0) is 19.5. The van der Waals surface area contributed by atoms with Crippen molar-refractivity contribution in [3.63, 3.8) is 0 Å². The van der Waals surface area contributed by atoms with Crippen molar-refractivity contribution in [1.29, 1.82) is 0 Å². The molecule has 1 N–H and O–H groups in total. The number of carboxylic acid groups (broad SMARTS) is 1. The Morgan fingerprint density at radius 2 is 1.88 bits per heavy atom. The SMILES string of the molecule is CC(C)(C)OC(=O)N1CC(F)(F)[C@H]2[C@@H]1CCN2CC1CC(C)(C(=O)O)C1. The zero-order valence-electron chi connectivity index (χ0n) is 15.8. The van der Waals surface area contributed by atoms with Crippen molar-refractivity contribution in [2.75, 3.05) is 19.6 Å². The van der Waals surface area contributed by atoms with Crippen LogP contribution in [0.15, 0.2) is 0 Å². The summed E-state index contributed by atoms with van der Waals surface area (Å²) in [6.07, 6.45) is 0.825. The lowest BCUT2D eigenvalue weighted by atomic mass is 9.63. The molecule has 1 aliphatic carbocycles. The lowest BCUT2D eigenvalue weighted by Crippen LogP contribution is -2.51. The van der Waals surface area contributed by atoms with E-state index in [-0.39, 0.29) is 5.92 Å². The number of fused-ring (bicyclic) bond motifs is 1. The molecule has 0 spiro atoms. The molecule has 2 aliphatic heterocycles. The van der Waals surface area contributed by atoms with Gasteiger partial charge < -0.3 is 9.84 Å². The first kappa shape index (κ1) is 19.3. The van der Waals surface area contributed by atoms with Crippen LogP contribution in [0, 0.1) is 11.3 Å². The van der Waals surface area contributed by atoms with Gasteiger partial charge in [0.1, 0.15) is 5.60 Å². The van der Waals surface area contributed by atoms with Crippen molar-refractivity contribution in [2.24, 2.45) is 11.3 Å². The number of likely N-dealkylation sites (tertiary alicyclic amines) is 2. The maximum Gasteiger partial charge on any atom is 0.410 e. The Labute approximate surface area is 152 Å². The molecule has 3 fully saturated rings. The quantitative estimate of drug-likeness (QED) is 0.823. The van der Waals surface area contributed by atoms with Gasteiger partial charge in [0.15, 0.2) is 0 Å². The van der Waals surface area contributed by atoms with Crippen molar-refractivity contribution < 1.29 is 28.2 Å². The number of carbonyl (C=O) groups excluding carboxylic acids is 1. The van der Waals surface area contributed by atoms with Gasteiger partial charge in [-0.15, -0.1) is 0 Å². The maximum atomic E-state index is 14.7. The third-order valence-corrected chi connectivity index (χ3v) is 5.80. The summed E-state index contributed by atoms with van der Waals surface area (Å²) >= 11 is 0. The maximum absolute atomic E-state index is 14.7. The summed E-state index contributed by atoms with van der Waals surface area (Å²) in [7, 11) is 0. The third kappa shape index (κ3) is 3.40. The van der Waals surface area contributed by atoms with Gasteiger partial charge >= 0.3 is 12.1 Å². The Hall–Kier alpha value is -1.44. The number of nitrogens with zero attached hydrogens (tertiary/aromatic N) is 2. The standard InChI is InChI=1S/C18H28F2N2O4/c1-16(2,3)26-15(25)22-10-18(19,20)13-12(22)5-6-21(13)9-11-7-17(4,8-11)14(23)24/h11-13H,5-10H2,1-4H3,(H,23,24)/t11?,12-,13+,17?/m0/s1. The smallest absolute Gasteiger partial charge is 0.410 e. The zero-order valence-corrected chi connectivity index (χ0v) is 15.8. The highest BCUT2D eigenvalue weighted by molar-refractivity contribution is 5.75. The van der Waals surface area contributed by atoms with Crippen LogP contribution in [-0.4, -0.2) is 70.2 Å². The number of hydrogen-bond donors (Lipinski definition) is 1. The molecule has 0 aromatic carbocycles. The number of carbonyl (C=O) groups is 2. The third-order valence-electron chi connectivity index (χ3n) is 5.80. The fourth-order valence-corrected chi connectivity index (χ4v) is 4.73. The lowest BCUT2D eigenvalue weighted by molar-refractivity contribution is -0.157. The molecule has 2 saturated heterocycles. The van der Waals surface area contributed by atoms with Gasteiger partial charge in [-0.2, -0.15) is 0 Å². The molecule has 0 bridgehead atoms. The van der Waals surface area contributed by atoms with E-state index < -0.39 is 47.6 Å². The van der Waals surface area contributed by atoms with Gasteiger partial charge in [-0.25, -0.2) is 13.6 Å². The largest absolute Gasteiger partial charge is 0.481 e. The topological polar surface area (TPSA) is 70.1 Å². The molecule has 1 amide bonds. The van der Waals surface area contributed by atoms with Gasteiger partial charge in [0.05, 0.1) is 24.0 Å². The normalized spacial score (nSPS) is 36.5. The van der Waals surface area contributed by atoms with Gasteiger partial charge in [0, 0.05) is 13.1 Å². The van der Waals surface area contributed by atoms with Crippen LogP contribution in [0.4, 0.5) is 13.6 Å². The first-order chi connectivity index (χ1) is 11.8. The summed E-state index contributed by atoms with van der Waals surface area (Å²) < 4.78 is 34.6.